The van der Waals surface area contributed by atoms with Crippen molar-refractivity contribution in [2.45, 2.75) is 58.7 Å². The van der Waals surface area contributed by atoms with Crippen LogP contribution in [0.3, 0.4) is 0 Å². The van der Waals surface area contributed by atoms with Crippen LogP contribution in [0.5, 0.6) is 0 Å². The van der Waals surface area contributed by atoms with E-state index in [4.69, 9.17) is 9.47 Å². The molecule has 0 bridgehead atoms. The number of carbonyl (C=O) groups excluding carboxylic acids is 1. The predicted octanol–water partition coefficient (Wildman–Crippen LogP) is 4.28. The second kappa shape index (κ2) is 5.07. The molecule has 0 unspecified atom stereocenters. The molecule has 1 spiro atoms. The lowest BCUT2D eigenvalue weighted by atomic mass is 9.46. The maximum absolute atomic E-state index is 11.9. The highest BCUT2D eigenvalue weighted by molar-refractivity contribution is 6.01. The third-order valence-electron chi connectivity index (χ3n) is 8.70. The van der Waals surface area contributed by atoms with E-state index < -0.39 is 0 Å². The van der Waals surface area contributed by atoms with Crippen LogP contribution in [0.1, 0.15) is 52.9 Å². The Balaban J connectivity index is 1.54. The Morgan fingerprint density at radius 1 is 1.08 bits per heavy atom. The normalized spacial score (nSPS) is 50.4. The van der Waals surface area contributed by atoms with Gasteiger partial charge in [-0.05, 0) is 61.5 Å². The van der Waals surface area contributed by atoms with Crippen molar-refractivity contribution in [2.75, 3.05) is 13.2 Å². The smallest absolute Gasteiger partial charge is 0.178 e. The van der Waals surface area contributed by atoms with Gasteiger partial charge in [-0.25, -0.2) is 0 Å². The monoisotopic (exact) mass is 342 g/mol. The van der Waals surface area contributed by atoms with E-state index in [1.807, 2.05) is 12.2 Å². The third kappa shape index (κ3) is 1.92. The Bertz CT molecular complexity index is 671. The van der Waals surface area contributed by atoms with Crippen molar-refractivity contribution in [3.05, 3.63) is 23.8 Å². The highest BCUT2D eigenvalue weighted by Crippen LogP contribution is 2.69. The molecule has 0 N–H and O–H groups in total. The van der Waals surface area contributed by atoms with Crippen molar-refractivity contribution in [2.24, 2.45) is 34.5 Å². The number of rotatable bonds is 0. The largest absolute Gasteiger partial charge is 0.347 e. The van der Waals surface area contributed by atoms with E-state index in [1.54, 1.807) is 0 Å². The topological polar surface area (TPSA) is 35.5 Å². The molecule has 5 aliphatic rings. The SMILES string of the molecule is C[C@@H]1CC2=CC(=O)C=C[C@]2(C)[C@@H]2CC[C@]3(C)[C@@H](CCC34OCCO4)[C@H]12. The lowest BCUT2D eigenvalue weighted by Gasteiger charge is -2.59. The van der Waals surface area contributed by atoms with Crippen LogP contribution in [0.2, 0.25) is 0 Å². The summed E-state index contributed by atoms with van der Waals surface area (Å²) in [5, 5.41) is 0. The first-order chi connectivity index (χ1) is 11.9. The van der Waals surface area contributed by atoms with Crippen LogP contribution in [0.15, 0.2) is 23.8 Å². The van der Waals surface area contributed by atoms with E-state index in [2.05, 4.69) is 26.8 Å². The minimum atomic E-state index is -0.322. The van der Waals surface area contributed by atoms with E-state index in [9.17, 15) is 4.79 Å². The van der Waals surface area contributed by atoms with E-state index in [1.165, 1.54) is 24.8 Å². The zero-order chi connectivity index (χ0) is 17.4. The van der Waals surface area contributed by atoms with Crippen LogP contribution >= 0.6 is 0 Å². The van der Waals surface area contributed by atoms with Gasteiger partial charge in [0, 0.05) is 17.3 Å². The Kier molecular flexibility index (Phi) is 3.30. The third-order valence-corrected chi connectivity index (χ3v) is 8.70. The number of fused-ring (bicyclic) bond motifs is 6. The lowest BCUT2D eigenvalue weighted by Crippen LogP contribution is -2.56. The molecule has 25 heavy (non-hydrogen) atoms. The zero-order valence-electron chi connectivity index (χ0n) is 15.7. The summed E-state index contributed by atoms with van der Waals surface area (Å²) < 4.78 is 12.5. The van der Waals surface area contributed by atoms with Gasteiger partial charge in [-0.3, -0.25) is 4.79 Å². The van der Waals surface area contributed by atoms with Crippen molar-refractivity contribution in [3.63, 3.8) is 0 Å². The van der Waals surface area contributed by atoms with Crippen molar-refractivity contribution in [1.82, 2.24) is 0 Å². The highest BCUT2D eigenvalue weighted by Gasteiger charge is 2.67. The maximum Gasteiger partial charge on any atom is 0.178 e. The molecule has 0 aromatic heterocycles. The minimum absolute atomic E-state index is 0.0690. The number of ether oxygens (including phenoxy) is 2. The molecule has 5 rings (SSSR count). The summed E-state index contributed by atoms with van der Waals surface area (Å²) in [6.45, 7) is 8.73. The van der Waals surface area contributed by atoms with Gasteiger partial charge in [0.25, 0.3) is 0 Å². The average Bonchev–Trinajstić information content (AvgIpc) is 3.17. The minimum Gasteiger partial charge on any atom is -0.347 e. The molecule has 0 amide bonds. The average molecular weight is 342 g/mol. The summed E-state index contributed by atoms with van der Waals surface area (Å²) in [5.41, 5.74) is 1.59. The number of hydrogen-bond donors (Lipinski definition) is 0. The van der Waals surface area contributed by atoms with Crippen LogP contribution in [-0.2, 0) is 14.3 Å². The van der Waals surface area contributed by atoms with Gasteiger partial charge in [-0.2, -0.15) is 0 Å². The van der Waals surface area contributed by atoms with E-state index >= 15 is 0 Å². The van der Waals surface area contributed by atoms with Crippen molar-refractivity contribution >= 4 is 5.78 Å². The lowest BCUT2D eigenvalue weighted by molar-refractivity contribution is -0.244. The van der Waals surface area contributed by atoms with E-state index in [0.717, 1.165) is 26.1 Å². The van der Waals surface area contributed by atoms with Gasteiger partial charge < -0.3 is 9.47 Å². The van der Waals surface area contributed by atoms with Crippen LogP contribution in [-0.4, -0.2) is 24.8 Å². The van der Waals surface area contributed by atoms with Crippen LogP contribution < -0.4 is 0 Å². The molecule has 1 aliphatic heterocycles. The summed E-state index contributed by atoms with van der Waals surface area (Å²) in [4.78, 5) is 11.9. The first-order valence-electron chi connectivity index (χ1n) is 10.1. The molecular weight excluding hydrogens is 312 g/mol. The van der Waals surface area contributed by atoms with Gasteiger partial charge in [0.05, 0.1) is 13.2 Å². The summed E-state index contributed by atoms with van der Waals surface area (Å²) in [5.74, 6) is 2.49. The molecule has 1 heterocycles. The standard InChI is InChI=1S/C22H30O3/c1-14-12-15-13-16(23)4-7-20(15,2)17-5-8-21(3)18(19(14)17)6-9-22(21)24-10-11-25-22/h4,7,13-14,17-19H,5-6,8-12H2,1-3H3/t14-,17-,18+,19-,20+,21-/m1/s1. The number of allylic oxidation sites excluding steroid dienone is 4. The summed E-state index contributed by atoms with van der Waals surface area (Å²) >= 11 is 0. The van der Waals surface area contributed by atoms with Gasteiger partial charge in [0.15, 0.2) is 11.6 Å². The zero-order valence-corrected chi connectivity index (χ0v) is 15.7. The molecule has 4 aliphatic carbocycles. The first kappa shape index (κ1) is 16.3. The second-order valence-corrected chi connectivity index (χ2v) is 9.60. The number of carbonyl (C=O) groups is 1. The fraction of sp³-hybridized carbons (Fsp3) is 0.773. The Labute approximate surface area is 150 Å². The summed E-state index contributed by atoms with van der Waals surface area (Å²) in [6.07, 6.45) is 11.7. The maximum atomic E-state index is 11.9. The van der Waals surface area contributed by atoms with Crippen LogP contribution in [0.25, 0.3) is 0 Å². The van der Waals surface area contributed by atoms with Crippen molar-refractivity contribution in [1.29, 1.82) is 0 Å². The fourth-order valence-electron chi connectivity index (χ4n) is 7.44. The number of hydrogen-bond acceptors (Lipinski definition) is 3. The quantitative estimate of drug-likeness (QED) is 0.659. The number of ketones is 1. The highest BCUT2D eigenvalue weighted by atomic mass is 16.7. The van der Waals surface area contributed by atoms with Gasteiger partial charge in [0.2, 0.25) is 0 Å². The molecule has 136 valence electrons. The molecule has 3 saturated carbocycles. The van der Waals surface area contributed by atoms with Gasteiger partial charge in [0.1, 0.15) is 0 Å². The summed E-state index contributed by atoms with van der Waals surface area (Å²) in [6, 6.07) is 0. The molecule has 1 saturated heterocycles. The van der Waals surface area contributed by atoms with Gasteiger partial charge >= 0.3 is 0 Å². The van der Waals surface area contributed by atoms with E-state index in [0.29, 0.717) is 23.7 Å². The Morgan fingerprint density at radius 2 is 1.80 bits per heavy atom. The van der Waals surface area contributed by atoms with Crippen LogP contribution in [0, 0.1) is 34.5 Å². The molecule has 0 radical (unpaired) electrons. The Hall–Kier alpha value is -0.930. The van der Waals surface area contributed by atoms with Gasteiger partial charge in [-0.15, -0.1) is 0 Å². The molecular formula is C22H30O3. The predicted molar refractivity (Wildman–Crippen MR) is 95.8 cm³/mol. The summed E-state index contributed by atoms with van der Waals surface area (Å²) in [7, 11) is 0. The van der Waals surface area contributed by atoms with Crippen LogP contribution in [0.4, 0.5) is 0 Å². The first-order valence-corrected chi connectivity index (χ1v) is 10.1. The second-order valence-electron chi connectivity index (χ2n) is 9.60. The fourth-order valence-corrected chi connectivity index (χ4v) is 7.44. The van der Waals surface area contributed by atoms with E-state index in [-0.39, 0.29) is 22.4 Å². The Morgan fingerprint density at radius 3 is 2.56 bits per heavy atom. The molecule has 3 nitrogen and oxygen atoms in total. The molecule has 0 aromatic rings. The van der Waals surface area contributed by atoms with Crippen molar-refractivity contribution in [3.8, 4) is 0 Å². The molecule has 0 aromatic carbocycles. The van der Waals surface area contributed by atoms with Gasteiger partial charge in [-0.1, -0.05) is 32.4 Å². The molecule has 6 atom stereocenters. The molecule has 4 fully saturated rings. The van der Waals surface area contributed by atoms with Crippen molar-refractivity contribution < 1.29 is 14.3 Å². The molecule has 3 heteroatoms.